The van der Waals surface area contributed by atoms with Crippen LogP contribution in [0.1, 0.15) is 21.7 Å². The molecule has 2 aromatic carbocycles. The van der Waals surface area contributed by atoms with Gasteiger partial charge in [0.2, 0.25) is 5.91 Å². The number of aryl methyl sites for hydroxylation is 2. The summed E-state index contributed by atoms with van der Waals surface area (Å²) in [6.45, 7) is 1.81. The molecule has 1 aliphatic rings. The van der Waals surface area contributed by atoms with E-state index in [1.165, 1.54) is 15.8 Å². The molecule has 0 bridgehead atoms. The molecule has 0 fully saturated rings. The van der Waals surface area contributed by atoms with Crippen LogP contribution in [0.2, 0.25) is 0 Å². The molecule has 1 atom stereocenters. The topological polar surface area (TPSA) is 122 Å². The number of thiocarbonyl (C=S) groups is 1. The summed E-state index contributed by atoms with van der Waals surface area (Å²) in [5.41, 5.74) is 9.37. The first-order chi connectivity index (χ1) is 17.6. The Bertz CT molecular complexity index is 1510. The number of nitrogens with zero attached hydrogens (tertiary/aromatic N) is 3. The molecule has 10 heteroatoms. The molecule has 9 nitrogen and oxygen atoms in total. The maximum absolute atomic E-state index is 13.1. The van der Waals surface area contributed by atoms with Crippen LogP contribution < -0.4 is 21.3 Å². The Morgan fingerprint density at radius 3 is 2.59 bits per heavy atom. The van der Waals surface area contributed by atoms with Gasteiger partial charge in [-0.3, -0.25) is 19.1 Å². The summed E-state index contributed by atoms with van der Waals surface area (Å²) >= 11 is 5.49. The molecule has 1 aliphatic heterocycles. The lowest BCUT2D eigenvalue weighted by atomic mass is 9.94. The van der Waals surface area contributed by atoms with Crippen LogP contribution in [-0.4, -0.2) is 39.4 Å². The van der Waals surface area contributed by atoms with Gasteiger partial charge in [-0.25, -0.2) is 0 Å². The van der Waals surface area contributed by atoms with Crippen LogP contribution in [0.3, 0.4) is 0 Å². The number of nitrogen functional groups attached to an aromatic ring is 1. The summed E-state index contributed by atoms with van der Waals surface area (Å²) in [4.78, 5) is 39.8. The highest BCUT2D eigenvalue weighted by molar-refractivity contribution is 7.81. The number of likely N-dealkylation sites (N-methyl/N-ethyl adjacent to an activating group) is 1. The van der Waals surface area contributed by atoms with E-state index in [1.54, 1.807) is 68.7 Å². The molecular weight excluding hydrogens is 488 g/mol. The first-order valence-corrected chi connectivity index (χ1v) is 11.7. The minimum Gasteiger partial charge on any atom is -0.399 e. The Labute approximate surface area is 219 Å². The normalized spacial score (nSPS) is 14.7. The molecule has 0 saturated carbocycles. The number of carbonyl (C=O) groups excluding carboxylic acids is 3. The SMILES string of the molecule is Cc1cc(C(=O)Nc2cccc(C#CC3C(=O)NC=C(C(=O)N(C)c4ccc(N)cc4)C3=S)c2)n(C)n1. The molecule has 0 radical (unpaired) electrons. The molecule has 2 heterocycles. The summed E-state index contributed by atoms with van der Waals surface area (Å²) in [5, 5.41) is 9.59. The standard InChI is InChI=1S/C27H24N6O3S/c1-16-13-23(33(3)31-16)26(35)30-19-6-4-5-17(14-19)7-12-21-24(37)22(15-29-25(21)34)27(36)32(2)20-10-8-18(28)9-11-20/h4-6,8-11,13-15,21H,28H2,1-3H3,(H,29,34)(H,30,35). The number of hydrogen-bond acceptors (Lipinski definition) is 6. The third-order valence-electron chi connectivity index (χ3n) is 5.68. The smallest absolute Gasteiger partial charge is 0.273 e. The van der Waals surface area contributed by atoms with E-state index < -0.39 is 11.8 Å². The first kappa shape index (κ1) is 25.3. The molecule has 0 saturated heterocycles. The van der Waals surface area contributed by atoms with Gasteiger partial charge >= 0.3 is 0 Å². The predicted molar refractivity (Wildman–Crippen MR) is 146 cm³/mol. The maximum Gasteiger partial charge on any atom is 0.273 e. The van der Waals surface area contributed by atoms with Crippen LogP contribution in [0.4, 0.5) is 17.1 Å². The van der Waals surface area contributed by atoms with Gasteiger partial charge in [0.1, 0.15) is 11.6 Å². The van der Waals surface area contributed by atoms with Crippen molar-refractivity contribution in [3.8, 4) is 11.8 Å². The summed E-state index contributed by atoms with van der Waals surface area (Å²) in [5.74, 6) is 3.72. The van der Waals surface area contributed by atoms with Gasteiger partial charge in [-0.1, -0.05) is 30.1 Å². The van der Waals surface area contributed by atoms with Crippen LogP contribution in [0.15, 0.2) is 66.4 Å². The maximum atomic E-state index is 13.1. The number of benzene rings is 2. The molecule has 1 unspecified atom stereocenters. The number of anilines is 3. The molecule has 3 aromatic rings. The van der Waals surface area contributed by atoms with Gasteiger partial charge < -0.3 is 21.3 Å². The van der Waals surface area contributed by atoms with Crippen LogP contribution in [0, 0.1) is 24.7 Å². The Morgan fingerprint density at radius 2 is 1.92 bits per heavy atom. The zero-order valence-electron chi connectivity index (χ0n) is 20.4. The van der Waals surface area contributed by atoms with Crippen molar-refractivity contribution in [1.29, 1.82) is 0 Å². The predicted octanol–water partition coefficient (Wildman–Crippen LogP) is 2.58. The van der Waals surface area contributed by atoms with E-state index >= 15 is 0 Å². The highest BCUT2D eigenvalue weighted by atomic mass is 32.1. The average molecular weight is 513 g/mol. The summed E-state index contributed by atoms with van der Waals surface area (Å²) in [7, 11) is 3.31. The number of nitrogens with two attached hydrogens (primary N) is 1. The van der Waals surface area contributed by atoms with Crippen molar-refractivity contribution in [2.45, 2.75) is 6.92 Å². The fourth-order valence-corrected chi connectivity index (χ4v) is 4.03. The van der Waals surface area contributed by atoms with Crippen molar-refractivity contribution >= 4 is 51.9 Å². The van der Waals surface area contributed by atoms with E-state index in [4.69, 9.17) is 18.0 Å². The third kappa shape index (κ3) is 5.58. The van der Waals surface area contributed by atoms with Gasteiger partial charge in [-0.2, -0.15) is 5.10 Å². The number of nitrogens with one attached hydrogen (secondary N) is 2. The molecule has 0 spiro atoms. The van der Waals surface area contributed by atoms with Crippen molar-refractivity contribution in [3.63, 3.8) is 0 Å². The monoisotopic (exact) mass is 512 g/mol. The van der Waals surface area contributed by atoms with Gasteiger partial charge in [0.15, 0.2) is 0 Å². The second-order valence-corrected chi connectivity index (χ2v) is 8.86. The molecular formula is C27H24N6O3S. The van der Waals surface area contributed by atoms with Crippen molar-refractivity contribution in [2.75, 3.05) is 23.0 Å². The number of amides is 3. The van der Waals surface area contributed by atoms with Crippen LogP contribution in [0.25, 0.3) is 0 Å². The first-order valence-electron chi connectivity index (χ1n) is 11.3. The fourth-order valence-electron chi connectivity index (χ4n) is 3.71. The summed E-state index contributed by atoms with van der Waals surface area (Å²) in [6, 6.07) is 15.4. The second kappa shape index (κ2) is 10.5. The zero-order valence-corrected chi connectivity index (χ0v) is 21.2. The number of rotatable bonds is 4. The lowest BCUT2D eigenvalue weighted by Crippen LogP contribution is -2.42. The van der Waals surface area contributed by atoms with Crippen LogP contribution in [0.5, 0.6) is 0 Å². The third-order valence-corrected chi connectivity index (χ3v) is 6.14. The molecule has 37 heavy (non-hydrogen) atoms. The molecule has 186 valence electrons. The molecule has 0 aliphatic carbocycles. The largest absolute Gasteiger partial charge is 0.399 e. The van der Waals surface area contributed by atoms with E-state index in [2.05, 4.69) is 27.6 Å². The van der Waals surface area contributed by atoms with E-state index in [-0.39, 0.29) is 22.3 Å². The van der Waals surface area contributed by atoms with E-state index in [9.17, 15) is 14.4 Å². The van der Waals surface area contributed by atoms with Gasteiger partial charge in [0.25, 0.3) is 11.8 Å². The number of aromatic nitrogens is 2. The van der Waals surface area contributed by atoms with Crippen LogP contribution in [-0.2, 0) is 16.6 Å². The molecule has 4 rings (SSSR count). The summed E-state index contributed by atoms with van der Waals surface area (Å²) < 4.78 is 1.51. The Kier molecular flexibility index (Phi) is 7.18. The quantitative estimate of drug-likeness (QED) is 0.281. The minimum atomic E-state index is -0.991. The van der Waals surface area contributed by atoms with Crippen LogP contribution >= 0.6 is 12.2 Å². The van der Waals surface area contributed by atoms with E-state index in [0.29, 0.717) is 28.3 Å². The zero-order chi connectivity index (χ0) is 26.7. The van der Waals surface area contributed by atoms with Gasteiger partial charge in [-0.15, -0.1) is 0 Å². The van der Waals surface area contributed by atoms with Gasteiger partial charge in [0, 0.05) is 42.9 Å². The lowest BCUT2D eigenvalue weighted by molar-refractivity contribution is -0.120. The number of carbonyl (C=O) groups is 3. The summed E-state index contributed by atoms with van der Waals surface area (Å²) in [6.07, 6.45) is 1.31. The highest BCUT2D eigenvalue weighted by Gasteiger charge is 2.32. The molecule has 3 amide bonds. The van der Waals surface area contributed by atoms with E-state index in [1.807, 2.05) is 6.92 Å². The Hall–Kier alpha value is -4.75. The van der Waals surface area contributed by atoms with Crippen molar-refractivity contribution in [3.05, 3.63) is 83.3 Å². The lowest BCUT2D eigenvalue weighted by Gasteiger charge is -2.24. The highest BCUT2D eigenvalue weighted by Crippen LogP contribution is 2.21. The fraction of sp³-hybridized carbons (Fsp3) is 0.148. The van der Waals surface area contributed by atoms with Crippen molar-refractivity contribution in [1.82, 2.24) is 15.1 Å². The van der Waals surface area contributed by atoms with Gasteiger partial charge in [0.05, 0.1) is 16.1 Å². The van der Waals surface area contributed by atoms with Crippen molar-refractivity contribution in [2.24, 2.45) is 13.0 Å². The Morgan fingerprint density at radius 1 is 1.19 bits per heavy atom. The molecule has 4 N–H and O–H groups in total. The minimum absolute atomic E-state index is 0.138. The van der Waals surface area contributed by atoms with Crippen molar-refractivity contribution < 1.29 is 14.4 Å². The second-order valence-electron chi connectivity index (χ2n) is 8.42. The molecule has 1 aromatic heterocycles. The number of hydrogen-bond donors (Lipinski definition) is 3. The van der Waals surface area contributed by atoms with E-state index in [0.717, 1.165) is 5.69 Å². The Balaban J connectivity index is 1.50. The van der Waals surface area contributed by atoms with Gasteiger partial charge in [-0.05, 0) is 55.5 Å². The average Bonchev–Trinajstić information content (AvgIpc) is 3.21.